The number of aryl methyl sites for hydroxylation is 2. The number of fused-ring (bicyclic) bond motifs is 2. The number of esters is 1. The number of benzene rings is 1. The molecular formula is C25H24N4O4S. The summed E-state index contributed by atoms with van der Waals surface area (Å²) in [5.74, 6) is 0.0935. The molecule has 8 nitrogen and oxygen atoms in total. The van der Waals surface area contributed by atoms with Crippen molar-refractivity contribution in [2.45, 2.75) is 32.7 Å². The number of hydrogen-bond donors (Lipinski definition) is 1. The van der Waals surface area contributed by atoms with Crippen molar-refractivity contribution in [2.75, 3.05) is 19.5 Å². The molecule has 3 aromatic heterocycles. The molecule has 4 aromatic rings. The molecule has 0 unspecified atom stereocenters. The lowest BCUT2D eigenvalue weighted by molar-refractivity contribution is -0.116. The number of hydrogen-bond acceptors (Lipinski definition) is 7. The molecule has 34 heavy (non-hydrogen) atoms. The summed E-state index contributed by atoms with van der Waals surface area (Å²) in [6, 6.07) is 9.74. The van der Waals surface area contributed by atoms with Crippen LogP contribution >= 0.6 is 11.3 Å². The summed E-state index contributed by atoms with van der Waals surface area (Å²) in [5.41, 5.74) is 4.89. The van der Waals surface area contributed by atoms with Gasteiger partial charge in [-0.3, -0.25) is 4.79 Å². The molecular weight excluding hydrogens is 452 g/mol. The number of ether oxygens (including phenoxy) is 2. The number of carbonyl (C=O) groups is 2. The number of pyridine rings is 1. The lowest BCUT2D eigenvalue weighted by atomic mass is 10.0. The largest absolute Gasteiger partial charge is 0.497 e. The number of nitrogens with one attached hydrogen (secondary N) is 1. The predicted molar refractivity (Wildman–Crippen MR) is 131 cm³/mol. The Morgan fingerprint density at radius 2 is 1.94 bits per heavy atom. The maximum absolute atomic E-state index is 13.0. The molecule has 1 aromatic carbocycles. The SMILES string of the molecule is COC(=O)c1c(NC(=O)Cn2nc(C)c3c(-c4ccc(OC)cc4)ccnc32)sc2c1CCC2. The minimum atomic E-state index is -0.416. The first-order chi connectivity index (χ1) is 16.5. The van der Waals surface area contributed by atoms with Gasteiger partial charge in [0.2, 0.25) is 5.91 Å². The molecule has 1 amide bonds. The van der Waals surface area contributed by atoms with E-state index in [0.717, 1.165) is 57.7 Å². The standard InChI is InChI=1S/C25H24N4O4S/c1-14-21-17(15-7-9-16(32-2)10-8-15)11-12-26-23(21)29(28-14)13-20(30)27-24-22(25(31)33-3)18-5-4-6-19(18)34-24/h7-12H,4-6,13H2,1-3H3,(H,27,30). The Balaban J connectivity index is 1.44. The van der Waals surface area contributed by atoms with Crippen molar-refractivity contribution >= 4 is 39.2 Å². The van der Waals surface area contributed by atoms with Crippen LogP contribution in [0.4, 0.5) is 5.00 Å². The van der Waals surface area contributed by atoms with E-state index in [1.165, 1.54) is 18.4 Å². The van der Waals surface area contributed by atoms with Crippen molar-refractivity contribution in [3.63, 3.8) is 0 Å². The highest BCUT2D eigenvalue weighted by molar-refractivity contribution is 7.17. The van der Waals surface area contributed by atoms with Crippen LogP contribution in [0.25, 0.3) is 22.2 Å². The van der Waals surface area contributed by atoms with Gasteiger partial charge in [-0.05, 0) is 61.1 Å². The maximum Gasteiger partial charge on any atom is 0.341 e. The average Bonchev–Trinajstić information content (AvgIpc) is 3.52. The predicted octanol–water partition coefficient (Wildman–Crippen LogP) is 4.39. The van der Waals surface area contributed by atoms with Crippen molar-refractivity contribution in [2.24, 2.45) is 0 Å². The second-order valence-electron chi connectivity index (χ2n) is 8.13. The quantitative estimate of drug-likeness (QED) is 0.415. The Morgan fingerprint density at radius 3 is 2.68 bits per heavy atom. The average molecular weight is 477 g/mol. The van der Waals surface area contributed by atoms with Crippen LogP contribution in [0.2, 0.25) is 0 Å². The lowest BCUT2D eigenvalue weighted by Gasteiger charge is -2.08. The fraction of sp³-hybridized carbons (Fsp3) is 0.280. The van der Waals surface area contributed by atoms with Crippen molar-refractivity contribution in [3.05, 3.63) is 58.2 Å². The second-order valence-corrected chi connectivity index (χ2v) is 9.24. The van der Waals surface area contributed by atoms with Gasteiger partial charge in [-0.15, -0.1) is 11.3 Å². The van der Waals surface area contributed by atoms with Crippen LogP contribution in [0.1, 0.15) is 32.9 Å². The van der Waals surface area contributed by atoms with E-state index < -0.39 is 5.97 Å². The molecule has 9 heteroatoms. The van der Waals surface area contributed by atoms with E-state index in [1.54, 1.807) is 18.0 Å². The van der Waals surface area contributed by atoms with Gasteiger partial charge in [-0.2, -0.15) is 5.10 Å². The van der Waals surface area contributed by atoms with Gasteiger partial charge in [-0.25, -0.2) is 14.5 Å². The molecule has 3 heterocycles. The number of nitrogens with zero attached hydrogens (tertiary/aromatic N) is 3. The summed E-state index contributed by atoms with van der Waals surface area (Å²) in [5, 5.41) is 8.95. The van der Waals surface area contributed by atoms with Gasteiger partial charge >= 0.3 is 5.97 Å². The third-order valence-electron chi connectivity index (χ3n) is 6.07. The second kappa shape index (κ2) is 8.90. The van der Waals surface area contributed by atoms with E-state index >= 15 is 0 Å². The van der Waals surface area contributed by atoms with Crippen LogP contribution in [-0.4, -0.2) is 40.9 Å². The number of carbonyl (C=O) groups excluding carboxylic acids is 2. The highest BCUT2D eigenvalue weighted by Crippen LogP contribution is 2.39. The number of methoxy groups -OCH3 is 2. The lowest BCUT2D eigenvalue weighted by Crippen LogP contribution is -2.20. The number of aromatic nitrogens is 3. The van der Waals surface area contributed by atoms with Gasteiger partial charge in [0.05, 0.1) is 25.5 Å². The molecule has 0 atom stereocenters. The van der Waals surface area contributed by atoms with Gasteiger partial charge in [0.1, 0.15) is 17.3 Å². The number of anilines is 1. The summed E-state index contributed by atoms with van der Waals surface area (Å²) in [6.07, 6.45) is 4.48. The van der Waals surface area contributed by atoms with E-state index in [2.05, 4.69) is 15.4 Å². The van der Waals surface area contributed by atoms with Crippen LogP contribution in [0.5, 0.6) is 5.75 Å². The zero-order chi connectivity index (χ0) is 23.8. The Labute approximate surface area is 200 Å². The fourth-order valence-electron chi connectivity index (χ4n) is 4.52. The zero-order valence-electron chi connectivity index (χ0n) is 19.2. The molecule has 1 N–H and O–H groups in total. The Morgan fingerprint density at radius 1 is 1.15 bits per heavy atom. The van der Waals surface area contributed by atoms with Crippen molar-refractivity contribution < 1.29 is 19.1 Å². The normalized spacial score (nSPS) is 12.6. The van der Waals surface area contributed by atoms with E-state index in [4.69, 9.17) is 9.47 Å². The minimum absolute atomic E-state index is 0.0212. The monoisotopic (exact) mass is 476 g/mol. The molecule has 0 fully saturated rings. The van der Waals surface area contributed by atoms with Gasteiger partial charge in [0.25, 0.3) is 0 Å². The van der Waals surface area contributed by atoms with Gasteiger partial charge in [0, 0.05) is 16.5 Å². The molecule has 1 aliphatic rings. The van der Waals surface area contributed by atoms with Crippen LogP contribution < -0.4 is 10.1 Å². The van der Waals surface area contributed by atoms with Gasteiger partial charge in [0.15, 0.2) is 5.65 Å². The van der Waals surface area contributed by atoms with Crippen LogP contribution in [0.15, 0.2) is 36.5 Å². The van der Waals surface area contributed by atoms with E-state index in [-0.39, 0.29) is 12.5 Å². The summed E-state index contributed by atoms with van der Waals surface area (Å²) in [7, 11) is 2.99. The number of rotatable bonds is 6. The Kier molecular flexibility index (Phi) is 5.79. The zero-order valence-corrected chi connectivity index (χ0v) is 20.0. The Hall–Kier alpha value is -3.72. The summed E-state index contributed by atoms with van der Waals surface area (Å²) in [6.45, 7) is 1.89. The highest BCUT2D eigenvalue weighted by Gasteiger charge is 2.28. The maximum atomic E-state index is 13.0. The van der Waals surface area contributed by atoms with Crippen molar-refractivity contribution in [3.8, 4) is 16.9 Å². The first-order valence-electron chi connectivity index (χ1n) is 11.0. The molecule has 5 rings (SSSR count). The Bertz CT molecular complexity index is 1400. The first kappa shape index (κ1) is 22.1. The van der Waals surface area contributed by atoms with Crippen LogP contribution in [0.3, 0.4) is 0 Å². The summed E-state index contributed by atoms with van der Waals surface area (Å²) in [4.78, 5) is 31.0. The van der Waals surface area contributed by atoms with Crippen molar-refractivity contribution in [1.29, 1.82) is 0 Å². The molecule has 0 saturated heterocycles. The third-order valence-corrected chi connectivity index (χ3v) is 7.27. The van der Waals surface area contributed by atoms with E-state index in [1.807, 2.05) is 37.3 Å². The summed E-state index contributed by atoms with van der Waals surface area (Å²) < 4.78 is 11.8. The summed E-state index contributed by atoms with van der Waals surface area (Å²) >= 11 is 1.45. The molecule has 1 aliphatic carbocycles. The molecule has 0 spiro atoms. The first-order valence-corrected chi connectivity index (χ1v) is 11.8. The molecule has 0 saturated carbocycles. The van der Waals surface area contributed by atoms with Crippen LogP contribution in [-0.2, 0) is 28.9 Å². The highest BCUT2D eigenvalue weighted by atomic mass is 32.1. The minimum Gasteiger partial charge on any atom is -0.497 e. The topological polar surface area (TPSA) is 95.3 Å². The third kappa shape index (κ3) is 3.81. The van der Waals surface area contributed by atoms with E-state index in [0.29, 0.717) is 16.2 Å². The molecule has 174 valence electrons. The fourth-order valence-corrected chi connectivity index (χ4v) is 5.81. The molecule has 0 aliphatic heterocycles. The number of thiophene rings is 1. The van der Waals surface area contributed by atoms with Gasteiger partial charge < -0.3 is 14.8 Å². The number of amides is 1. The molecule has 0 bridgehead atoms. The van der Waals surface area contributed by atoms with Crippen LogP contribution in [0, 0.1) is 6.92 Å². The van der Waals surface area contributed by atoms with Gasteiger partial charge in [-0.1, -0.05) is 12.1 Å². The van der Waals surface area contributed by atoms with E-state index in [9.17, 15) is 9.59 Å². The van der Waals surface area contributed by atoms with Crippen molar-refractivity contribution in [1.82, 2.24) is 14.8 Å². The molecule has 0 radical (unpaired) electrons. The smallest absolute Gasteiger partial charge is 0.341 e.